The molecule has 0 unspecified atom stereocenters. The maximum atomic E-state index is 13.9. The van der Waals surface area contributed by atoms with Gasteiger partial charge in [0.2, 0.25) is 0 Å². The number of aryl methyl sites for hydroxylation is 1. The quantitative estimate of drug-likeness (QED) is 0.877. The van der Waals surface area contributed by atoms with Gasteiger partial charge in [-0.25, -0.2) is 9.18 Å². The molecule has 4 nitrogen and oxygen atoms in total. The average Bonchev–Trinajstić information content (AvgIpc) is 2.67. The summed E-state index contributed by atoms with van der Waals surface area (Å²) in [5, 5.41) is 0.0943. The zero-order valence-electron chi connectivity index (χ0n) is 10.0. The highest BCUT2D eigenvalue weighted by Gasteiger charge is 2.13. The van der Waals surface area contributed by atoms with Gasteiger partial charge in [-0.15, -0.1) is 6.42 Å². The predicted molar refractivity (Wildman–Crippen MR) is 70.4 cm³/mol. The van der Waals surface area contributed by atoms with Crippen molar-refractivity contribution in [3.8, 4) is 23.8 Å². The van der Waals surface area contributed by atoms with Crippen molar-refractivity contribution >= 4 is 11.6 Å². The number of benzene rings is 1. The van der Waals surface area contributed by atoms with E-state index in [-0.39, 0.29) is 23.1 Å². The first-order valence-electron chi connectivity index (χ1n) is 5.37. The lowest BCUT2D eigenvalue weighted by molar-refractivity contribution is 0.369. The standard InChI is InChI=1S/C13H10ClFN2O2/c1-3-4-19-12-6-11(10(15)5-9(12)14)17-7-8(2)16-13(17)18/h1,5-7H,4H2,2H3,(H,16,18). The number of nitrogens with zero attached hydrogens (tertiary/aromatic N) is 1. The number of aromatic amines is 1. The van der Waals surface area contributed by atoms with Crippen LogP contribution in [0.4, 0.5) is 4.39 Å². The van der Waals surface area contributed by atoms with Crippen LogP contribution in [-0.4, -0.2) is 16.2 Å². The summed E-state index contributed by atoms with van der Waals surface area (Å²) in [5.41, 5.74) is 0.220. The smallest absolute Gasteiger partial charge is 0.330 e. The van der Waals surface area contributed by atoms with Crippen LogP contribution in [0.15, 0.2) is 23.1 Å². The highest BCUT2D eigenvalue weighted by Crippen LogP contribution is 2.29. The number of imidazole rings is 1. The molecule has 0 aliphatic carbocycles. The van der Waals surface area contributed by atoms with Crippen LogP contribution in [0.3, 0.4) is 0 Å². The number of H-pyrrole nitrogens is 1. The van der Waals surface area contributed by atoms with E-state index < -0.39 is 11.5 Å². The van der Waals surface area contributed by atoms with Gasteiger partial charge in [0, 0.05) is 18.0 Å². The Morgan fingerprint density at radius 3 is 2.89 bits per heavy atom. The summed E-state index contributed by atoms with van der Waals surface area (Å²) in [6, 6.07) is 2.42. The van der Waals surface area contributed by atoms with E-state index in [1.807, 2.05) is 0 Å². The van der Waals surface area contributed by atoms with Crippen molar-refractivity contribution in [3.05, 3.63) is 45.3 Å². The Morgan fingerprint density at radius 2 is 2.32 bits per heavy atom. The number of nitrogens with one attached hydrogen (secondary N) is 1. The third-order valence-corrected chi connectivity index (χ3v) is 2.71. The van der Waals surface area contributed by atoms with E-state index in [1.54, 1.807) is 6.92 Å². The van der Waals surface area contributed by atoms with Gasteiger partial charge >= 0.3 is 5.69 Å². The number of halogens is 2. The maximum Gasteiger partial charge on any atom is 0.330 e. The highest BCUT2D eigenvalue weighted by molar-refractivity contribution is 6.32. The fraction of sp³-hybridized carbons (Fsp3) is 0.154. The highest BCUT2D eigenvalue weighted by atomic mass is 35.5. The third kappa shape index (κ3) is 2.64. The normalized spacial score (nSPS) is 10.2. The summed E-state index contributed by atoms with van der Waals surface area (Å²) < 4.78 is 20.2. The number of hydrogen-bond acceptors (Lipinski definition) is 2. The van der Waals surface area contributed by atoms with Gasteiger partial charge in [0.25, 0.3) is 0 Å². The Hall–Kier alpha value is -2.19. The first-order valence-corrected chi connectivity index (χ1v) is 5.74. The van der Waals surface area contributed by atoms with E-state index in [1.165, 1.54) is 12.3 Å². The SMILES string of the molecule is C#CCOc1cc(-n2cc(C)[nH]c2=O)c(F)cc1Cl. The molecule has 2 aromatic rings. The molecule has 0 radical (unpaired) electrons. The number of rotatable bonds is 3. The van der Waals surface area contributed by atoms with Crippen molar-refractivity contribution < 1.29 is 9.13 Å². The lowest BCUT2D eigenvalue weighted by atomic mass is 10.2. The van der Waals surface area contributed by atoms with Crippen LogP contribution >= 0.6 is 11.6 Å². The van der Waals surface area contributed by atoms with Crippen LogP contribution < -0.4 is 10.4 Å². The molecule has 2 rings (SSSR count). The first kappa shape index (κ1) is 13.2. The summed E-state index contributed by atoms with van der Waals surface area (Å²) in [5.74, 6) is 1.88. The first-order chi connectivity index (χ1) is 9.02. The van der Waals surface area contributed by atoms with E-state index in [0.717, 1.165) is 10.6 Å². The molecular formula is C13H10ClFN2O2. The van der Waals surface area contributed by atoms with Crippen LogP contribution in [0.5, 0.6) is 5.75 Å². The Labute approximate surface area is 113 Å². The molecule has 0 spiro atoms. The molecule has 1 aromatic carbocycles. The molecule has 0 saturated carbocycles. The topological polar surface area (TPSA) is 47.0 Å². The van der Waals surface area contributed by atoms with Gasteiger partial charge in [-0.2, -0.15) is 0 Å². The van der Waals surface area contributed by atoms with Crippen LogP contribution in [0, 0.1) is 25.1 Å². The van der Waals surface area contributed by atoms with Crippen molar-refractivity contribution in [2.24, 2.45) is 0 Å². The molecule has 0 aliphatic heterocycles. The number of terminal acetylenes is 1. The average molecular weight is 281 g/mol. The Kier molecular flexibility index (Phi) is 3.63. The van der Waals surface area contributed by atoms with E-state index in [2.05, 4.69) is 10.9 Å². The summed E-state index contributed by atoms with van der Waals surface area (Å²) >= 11 is 5.84. The van der Waals surface area contributed by atoms with Gasteiger partial charge < -0.3 is 9.72 Å². The molecule has 1 N–H and O–H groups in total. The van der Waals surface area contributed by atoms with Crippen molar-refractivity contribution in [2.75, 3.05) is 6.61 Å². The summed E-state index contributed by atoms with van der Waals surface area (Å²) in [6.45, 7) is 1.70. The molecule has 98 valence electrons. The molecule has 6 heteroatoms. The van der Waals surface area contributed by atoms with Gasteiger partial charge in [-0.3, -0.25) is 4.57 Å². The molecular weight excluding hydrogens is 271 g/mol. The minimum atomic E-state index is -0.626. The zero-order chi connectivity index (χ0) is 14.0. The molecule has 0 fully saturated rings. The summed E-state index contributed by atoms with van der Waals surface area (Å²) in [6.07, 6.45) is 6.57. The lowest BCUT2D eigenvalue weighted by Gasteiger charge is -2.09. The second kappa shape index (κ2) is 5.21. The van der Waals surface area contributed by atoms with Crippen LogP contribution in [0.1, 0.15) is 5.69 Å². The van der Waals surface area contributed by atoms with Gasteiger partial charge in [0.05, 0.1) is 10.7 Å². The van der Waals surface area contributed by atoms with E-state index >= 15 is 0 Å². The minimum Gasteiger partial charge on any atom is -0.479 e. The molecule has 0 saturated heterocycles. The Bertz CT molecular complexity index is 712. The lowest BCUT2D eigenvalue weighted by Crippen LogP contribution is -2.15. The minimum absolute atomic E-state index is 0.00581. The van der Waals surface area contributed by atoms with Gasteiger partial charge in [-0.05, 0) is 13.0 Å². The summed E-state index contributed by atoms with van der Waals surface area (Å²) in [7, 11) is 0. The largest absolute Gasteiger partial charge is 0.479 e. The van der Waals surface area contributed by atoms with Gasteiger partial charge in [0.15, 0.2) is 0 Å². The number of aromatic nitrogens is 2. The monoisotopic (exact) mass is 280 g/mol. The van der Waals surface area contributed by atoms with Crippen molar-refractivity contribution in [1.29, 1.82) is 0 Å². The van der Waals surface area contributed by atoms with Crippen LogP contribution in [-0.2, 0) is 0 Å². The van der Waals surface area contributed by atoms with Gasteiger partial charge in [-0.1, -0.05) is 17.5 Å². The van der Waals surface area contributed by atoms with E-state index in [4.69, 9.17) is 22.8 Å². The number of ether oxygens (including phenoxy) is 1. The predicted octanol–water partition coefficient (Wildman–Crippen LogP) is 2.28. The van der Waals surface area contributed by atoms with E-state index in [9.17, 15) is 9.18 Å². The molecule has 0 amide bonds. The molecule has 19 heavy (non-hydrogen) atoms. The molecule has 0 atom stereocenters. The molecule has 1 aromatic heterocycles. The van der Waals surface area contributed by atoms with E-state index in [0.29, 0.717) is 5.69 Å². The van der Waals surface area contributed by atoms with Gasteiger partial charge in [0.1, 0.15) is 18.2 Å². The summed E-state index contributed by atoms with van der Waals surface area (Å²) in [4.78, 5) is 14.2. The molecule has 0 aliphatic rings. The van der Waals surface area contributed by atoms with Crippen molar-refractivity contribution in [2.45, 2.75) is 6.92 Å². The van der Waals surface area contributed by atoms with Crippen molar-refractivity contribution in [1.82, 2.24) is 9.55 Å². The fourth-order valence-electron chi connectivity index (χ4n) is 1.63. The second-order valence-corrected chi connectivity index (χ2v) is 4.25. The molecule has 0 bridgehead atoms. The third-order valence-electron chi connectivity index (χ3n) is 2.42. The second-order valence-electron chi connectivity index (χ2n) is 3.84. The Balaban J connectivity index is 2.55. The Morgan fingerprint density at radius 1 is 1.58 bits per heavy atom. The number of hydrogen-bond donors (Lipinski definition) is 1. The molecule has 1 heterocycles. The van der Waals surface area contributed by atoms with Crippen LogP contribution in [0.2, 0.25) is 5.02 Å². The zero-order valence-corrected chi connectivity index (χ0v) is 10.8. The van der Waals surface area contributed by atoms with Crippen molar-refractivity contribution in [3.63, 3.8) is 0 Å². The maximum absolute atomic E-state index is 13.9. The van der Waals surface area contributed by atoms with Crippen LogP contribution in [0.25, 0.3) is 5.69 Å². The fourth-order valence-corrected chi connectivity index (χ4v) is 1.83.